The van der Waals surface area contributed by atoms with Crippen molar-refractivity contribution in [2.24, 2.45) is 5.92 Å². The summed E-state index contributed by atoms with van der Waals surface area (Å²) in [6, 6.07) is 7.58. The second-order valence-corrected chi connectivity index (χ2v) is 5.34. The van der Waals surface area contributed by atoms with E-state index in [-0.39, 0.29) is 18.3 Å². The van der Waals surface area contributed by atoms with Gasteiger partial charge in [-0.05, 0) is 56.1 Å². The molecule has 1 aromatic heterocycles. The van der Waals surface area contributed by atoms with E-state index in [1.165, 1.54) is 6.42 Å². The Labute approximate surface area is 135 Å². The fourth-order valence-corrected chi connectivity index (χ4v) is 2.56. The molecule has 0 spiro atoms. The van der Waals surface area contributed by atoms with Crippen molar-refractivity contribution in [3.8, 4) is 5.69 Å². The van der Waals surface area contributed by atoms with Crippen LogP contribution < -0.4 is 10.6 Å². The van der Waals surface area contributed by atoms with Gasteiger partial charge in [-0.2, -0.15) is 0 Å². The van der Waals surface area contributed by atoms with E-state index in [2.05, 4.69) is 20.9 Å². The van der Waals surface area contributed by atoms with Crippen molar-refractivity contribution in [1.82, 2.24) is 20.3 Å². The maximum atomic E-state index is 11.9. The number of carbonyl (C=O) groups is 1. The summed E-state index contributed by atoms with van der Waals surface area (Å²) in [5.41, 5.74) is 1.73. The first-order valence-electron chi connectivity index (χ1n) is 7.28. The van der Waals surface area contributed by atoms with Gasteiger partial charge in [0.15, 0.2) is 0 Å². The first-order chi connectivity index (χ1) is 10.3. The van der Waals surface area contributed by atoms with Crippen LogP contribution in [0.1, 0.15) is 19.3 Å². The molecule has 2 aromatic rings. The van der Waals surface area contributed by atoms with Crippen LogP contribution in [0.4, 0.5) is 5.69 Å². The summed E-state index contributed by atoms with van der Waals surface area (Å²) in [4.78, 5) is 11.9. The quantitative estimate of drug-likeness (QED) is 0.883. The summed E-state index contributed by atoms with van der Waals surface area (Å²) in [6.07, 6.45) is 6.13. The van der Waals surface area contributed by atoms with Crippen molar-refractivity contribution in [2.45, 2.75) is 19.3 Å². The van der Waals surface area contributed by atoms with Gasteiger partial charge in [0.25, 0.3) is 0 Å². The van der Waals surface area contributed by atoms with Gasteiger partial charge >= 0.3 is 0 Å². The monoisotopic (exact) mass is 321 g/mol. The molecule has 1 aromatic carbocycles. The molecule has 1 unspecified atom stereocenters. The van der Waals surface area contributed by atoms with Gasteiger partial charge in [-0.15, -0.1) is 17.5 Å². The van der Waals surface area contributed by atoms with E-state index in [1.54, 1.807) is 17.1 Å². The van der Waals surface area contributed by atoms with Crippen LogP contribution in [0.3, 0.4) is 0 Å². The Balaban J connectivity index is 0.00000176. The second-order valence-electron chi connectivity index (χ2n) is 5.34. The molecule has 1 fully saturated rings. The molecule has 3 rings (SSSR count). The number of carbonyl (C=O) groups excluding carboxylic acids is 1. The van der Waals surface area contributed by atoms with Crippen LogP contribution in [-0.4, -0.2) is 34.0 Å². The largest absolute Gasteiger partial charge is 0.326 e. The number of anilines is 1. The fraction of sp³-hybridized carbons (Fsp3) is 0.400. The highest BCUT2D eigenvalue weighted by molar-refractivity contribution is 5.90. The van der Waals surface area contributed by atoms with Crippen molar-refractivity contribution < 1.29 is 4.79 Å². The molecular formula is C15H20ClN5O. The van der Waals surface area contributed by atoms with Crippen LogP contribution in [0.2, 0.25) is 0 Å². The van der Waals surface area contributed by atoms with Crippen molar-refractivity contribution in [1.29, 1.82) is 0 Å². The lowest BCUT2D eigenvalue weighted by atomic mass is 10.0. The SMILES string of the molecule is Cl.O=C(CCC1CCNC1)Nc1ccc(-n2ccnn2)cc1. The van der Waals surface area contributed by atoms with E-state index in [9.17, 15) is 4.79 Å². The molecule has 1 aliphatic heterocycles. The van der Waals surface area contributed by atoms with Crippen LogP contribution in [0, 0.1) is 5.92 Å². The van der Waals surface area contributed by atoms with Crippen molar-refractivity contribution in [2.75, 3.05) is 18.4 Å². The molecule has 118 valence electrons. The number of nitrogens with zero attached hydrogens (tertiary/aromatic N) is 3. The van der Waals surface area contributed by atoms with Gasteiger partial charge < -0.3 is 10.6 Å². The molecule has 1 atom stereocenters. The molecule has 0 aliphatic carbocycles. The topological polar surface area (TPSA) is 71.8 Å². The Hall–Kier alpha value is -1.92. The lowest BCUT2D eigenvalue weighted by Crippen LogP contribution is -2.15. The summed E-state index contributed by atoms with van der Waals surface area (Å²) < 4.78 is 1.68. The summed E-state index contributed by atoms with van der Waals surface area (Å²) in [7, 11) is 0. The van der Waals surface area contributed by atoms with E-state index >= 15 is 0 Å². The highest BCUT2D eigenvalue weighted by Crippen LogP contribution is 2.16. The van der Waals surface area contributed by atoms with Gasteiger partial charge in [-0.1, -0.05) is 5.21 Å². The summed E-state index contributed by atoms with van der Waals surface area (Å²) in [5.74, 6) is 0.723. The minimum Gasteiger partial charge on any atom is -0.326 e. The smallest absolute Gasteiger partial charge is 0.224 e. The number of nitrogens with one attached hydrogen (secondary N) is 2. The van der Waals surface area contributed by atoms with E-state index < -0.39 is 0 Å². The Bertz CT molecular complexity index is 578. The molecule has 1 aliphatic rings. The standard InChI is InChI=1S/C15H19N5O.ClH/c21-15(6-1-12-7-8-16-11-12)18-13-2-4-14(5-3-13)20-10-9-17-19-20;/h2-5,9-10,12,16H,1,6-8,11H2,(H,18,21);1H. The van der Waals surface area contributed by atoms with Crippen molar-refractivity contribution in [3.05, 3.63) is 36.7 Å². The molecule has 2 heterocycles. The van der Waals surface area contributed by atoms with Gasteiger partial charge in [-0.3, -0.25) is 4.79 Å². The third kappa shape index (κ3) is 4.29. The Morgan fingerprint density at radius 1 is 1.36 bits per heavy atom. The molecule has 2 N–H and O–H groups in total. The lowest BCUT2D eigenvalue weighted by molar-refractivity contribution is -0.116. The number of amides is 1. The van der Waals surface area contributed by atoms with Crippen LogP contribution in [0.25, 0.3) is 5.69 Å². The van der Waals surface area contributed by atoms with Gasteiger partial charge in [-0.25, -0.2) is 4.68 Å². The van der Waals surface area contributed by atoms with Crippen molar-refractivity contribution >= 4 is 24.0 Å². The summed E-state index contributed by atoms with van der Waals surface area (Å²) in [5, 5.41) is 13.9. The summed E-state index contributed by atoms with van der Waals surface area (Å²) in [6.45, 7) is 2.12. The third-order valence-electron chi connectivity index (χ3n) is 3.78. The predicted molar refractivity (Wildman–Crippen MR) is 87.4 cm³/mol. The van der Waals surface area contributed by atoms with Gasteiger partial charge in [0.1, 0.15) is 0 Å². The molecule has 6 nitrogen and oxygen atoms in total. The molecule has 7 heteroatoms. The minimum atomic E-state index is 0. The minimum absolute atomic E-state index is 0. The molecule has 0 saturated carbocycles. The lowest BCUT2D eigenvalue weighted by Gasteiger charge is -2.09. The maximum Gasteiger partial charge on any atom is 0.224 e. The Kier molecular flexibility index (Phi) is 5.91. The number of rotatable bonds is 5. The van der Waals surface area contributed by atoms with E-state index in [0.717, 1.165) is 30.9 Å². The average molecular weight is 322 g/mol. The Morgan fingerprint density at radius 2 is 2.18 bits per heavy atom. The van der Waals surface area contributed by atoms with Crippen LogP contribution in [0.5, 0.6) is 0 Å². The summed E-state index contributed by atoms with van der Waals surface area (Å²) >= 11 is 0. The van der Waals surface area contributed by atoms with E-state index in [1.807, 2.05) is 24.3 Å². The van der Waals surface area contributed by atoms with Crippen LogP contribution >= 0.6 is 12.4 Å². The molecular weight excluding hydrogens is 302 g/mol. The zero-order valence-electron chi connectivity index (χ0n) is 12.2. The molecule has 22 heavy (non-hydrogen) atoms. The van der Waals surface area contributed by atoms with Crippen LogP contribution in [0.15, 0.2) is 36.7 Å². The predicted octanol–water partition coefficient (Wildman–Crippen LogP) is 2.02. The molecule has 1 amide bonds. The third-order valence-corrected chi connectivity index (χ3v) is 3.78. The molecule has 1 saturated heterocycles. The number of aromatic nitrogens is 3. The van der Waals surface area contributed by atoms with Gasteiger partial charge in [0.2, 0.25) is 5.91 Å². The molecule has 0 bridgehead atoms. The zero-order chi connectivity index (χ0) is 14.5. The van der Waals surface area contributed by atoms with Crippen molar-refractivity contribution in [3.63, 3.8) is 0 Å². The van der Waals surface area contributed by atoms with Gasteiger partial charge in [0, 0.05) is 12.1 Å². The fourth-order valence-electron chi connectivity index (χ4n) is 2.56. The van der Waals surface area contributed by atoms with E-state index in [0.29, 0.717) is 12.3 Å². The van der Waals surface area contributed by atoms with Gasteiger partial charge in [0.05, 0.1) is 18.1 Å². The zero-order valence-corrected chi connectivity index (χ0v) is 13.1. The normalized spacial score (nSPS) is 17.0. The maximum absolute atomic E-state index is 11.9. The van der Waals surface area contributed by atoms with E-state index in [4.69, 9.17) is 0 Å². The second kappa shape index (κ2) is 7.91. The number of hydrogen-bond acceptors (Lipinski definition) is 4. The van der Waals surface area contributed by atoms with Crippen LogP contribution in [-0.2, 0) is 4.79 Å². The molecule has 0 radical (unpaired) electrons. The Morgan fingerprint density at radius 3 is 2.82 bits per heavy atom. The average Bonchev–Trinajstić information content (AvgIpc) is 3.19. The first kappa shape index (κ1) is 16.5. The highest BCUT2D eigenvalue weighted by Gasteiger charge is 2.15. The number of hydrogen-bond donors (Lipinski definition) is 2. The number of benzene rings is 1. The highest BCUT2D eigenvalue weighted by atomic mass is 35.5. The number of halogens is 1. The first-order valence-corrected chi connectivity index (χ1v) is 7.28.